The van der Waals surface area contributed by atoms with E-state index < -0.39 is 11.7 Å². The molecule has 0 saturated heterocycles. The Labute approximate surface area is 159 Å². The van der Waals surface area contributed by atoms with Crippen LogP contribution in [0.4, 0.5) is 24.9 Å². The Balaban J connectivity index is 1.86. The third-order valence-corrected chi connectivity index (χ3v) is 4.09. The maximum absolute atomic E-state index is 12.7. The summed E-state index contributed by atoms with van der Waals surface area (Å²) in [5.74, 6) is 0.757. The zero-order valence-electron chi connectivity index (χ0n) is 15.6. The molecule has 0 aliphatic heterocycles. The van der Waals surface area contributed by atoms with Gasteiger partial charge in [-0.1, -0.05) is 12.1 Å². The molecule has 1 aromatic carbocycles. The summed E-state index contributed by atoms with van der Waals surface area (Å²) in [6.45, 7) is 1.89. The minimum absolute atomic E-state index is 0.0320. The van der Waals surface area contributed by atoms with Gasteiger partial charge in [-0.25, -0.2) is 4.98 Å². The Morgan fingerprint density at radius 2 is 1.89 bits per heavy atom. The summed E-state index contributed by atoms with van der Waals surface area (Å²) in [6, 6.07) is 4.91. The van der Waals surface area contributed by atoms with E-state index in [1.807, 2.05) is 0 Å². The molecule has 2 heterocycles. The molecule has 0 aliphatic carbocycles. The quantitative estimate of drug-likeness (QED) is 0.695. The van der Waals surface area contributed by atoms with Crippen LogP contribution in [0.3, 0.4) is 0 Å². The summed E-state index contributed by atoms with van der Waals surface area (Å²) < 4.78 is 39.8. The van der Waals surface area contributed by atoms with E-state index in [4.69, 9.17) is 0 Å². The lowest BCUT2D eigenvalue weighted by molar-refractivity contribution is -0.137. The summed E-state index contributed by atoms with van der Waals surface area (Å²) in [6.07, 6.45) is -2.77. The van der Waals surface area contributed by atoms with Crippen molar-refractivity contribution in [1.29, 1.82) is 0 Å². The van der Waals surface area contributed by atoms with Gasteiger partial charge in [0.2, 0.25) is 5.95 Å². The molecule has 3 rings (SSSR count). The molecule has 148 valence electrons. The van der Waals surface area contributed by atoms with E-state index in [0.29, 0.717) is 28.5 Å². The lowest BCUT2D eigenvalue weighted by Crippen LogP contribution is -2.26. The molecule has 2 aromatic heterocycles. The fourth-order valence-corrected chi connectivity index (χ4v) is 2.69. The summed E-state index contributed by atoms with van der Waals surface area (Å²) >= 11 is 0. The average molecular weight is 392 g/mol. The van der Waals surface area contributed by atoms with Crippen LogP contribution in [0.5, 0.6) is 0 Å². The number of carbonyl (C=O) groups excluding carboxylic acids is 1. The number of hydrogen-bond acceptors (Lipinski definition) is 6. The molecule has 3 aromatic rings. The van der Waals surface area contributed by atoms with Crippen LogP contribution in [-0.4, -0.2) is 38.9 Å². The fourth-order valence-electron chi connectivity index (χ4n) is 2.69. The minimum atomic E-state index is -4.37. The van der Waals surface area contributed by atoms with Gasteiger partial charge in [0.05, 0.1) is 18.4 Å². The van der Waals surface area contributed by atoms with Crippen molar-refractivity contribution in [2.45, 2.75) is 19.6 Å². The number of rotatable bonds is 6. The second kappa shape index (κ2) is 7.45. The Kier molecular flexibility index (Phi) is 5.21. The van der Waals surface area contributed by atoms with Gasteiger partial charge in [0.1, 0.15) is 5.78 Å². The molecule has 10 heteroatoms. The van der Waals surface area contributed by atoms with Crippen molar-refractivity contribution in [1.82, 2.24) is 19.5 Å². The zero-order chi connectivity index (χ0) is 20.5. The van der Waals surface area contributed by atoms with Crippen molar-refractivity contribution in [3.8, 4) is 0 Å². The van der Waals surface area contributed by atoms with Crippen LogP contribution in [0.1, 0.15) is 18.1 Å². The molecule has 0 saturated carbocycles. The number of likely N-dealkylation sites (N-methyl/N-ethyl adjacent to an activating group) is 1. The molecule has 1 N–H and O–H groups in total. The summed E-state index contributed by atoms with van der Waals surface area (Å²) in [5, 5.41) is 3.10. The van der Waals surface area contributed by atoms with E-state index >= 15 is 0 Å². The van der Waals surface area contributed by atoms with Crippen LogP contribution in [-0.2, 0) is 24.6 Å². The van der Waals surface area contributed by atoms with Gasteiger partial charge in [0.25, 0.3) is 0 Å². The Morgan fingerprint density at radius 3 is 2.50 bits per heavy atom. The van der Waals surface area contributed by atoms with Crippen molar-refractivity contribution < 1.29 is 18.0 Å². The van der Waals surface area contributed by atoms with Gasteiger partial charge in [-0.05, 0) is 24.6 Å². The molecule has 0 spiro atoms. The second-order valence-corrected chi connectivity index (χ2v) is 6.51. The van der Waals surface area contributed by atoms with E-state index in [0.717, 1.165) is 12.1 Å². The number of benzene rings is 1. The molecule has 0 bridgehead atoms. The largest absolute Gasteiger partial charge is 0.416 e. The normalized spacial score (nSPS) is 11.6. The first-order valence-corrected chi connectivity index (χ1v) is 8.45. The Morgan fingerprint density at radius 1 is 1.21 bits per heavy atom. The second-order valence-electron chi connectivity index (χ2n) is 6.51. The highest BCUT2D eigenvalue weighted by molar-refractivity contribution is 5.85. The molecule has 0 fully saturated rings. The summed E-state index contributed by atoms with van der Waals surface area (Å²) in [7, 11) is 3.50. The van der Waals surface area contributed by atoms with Crippen LogP contribution in [0, 0.1) is 0 Å². The Hall–Kier alpha value is -3.17. The average Bonchev–Trinajstić information content (AvgIpc) is 3.00. The van der Waals surface area contributed by atoms with Crippen molar-refractivity contribution in [2.24, 2.45) is 7.05 Å². The van der Waals surface area contributed by atoms with Crippen molar-refractivity contribution in [2.75, 3.05) is 23.8 Å². The first kappa shape index (κ1) is 19.6. The topological polar surface area (TPSA) is 75.9 Å². The van der Waals surface area contributed by atoms with Crippen LogP contribution >= 0.6 is 0 Å². The Bertz CT molecular complexity index is 997. The number of aryl methyl sites for hydroxylation is 1. The van der Waals surface area contributed by atoms with E-state index in [1.54, 1.807) is 29.9 Å². The number of hydrogen-bond donors (Lipinski definition) is 1. The summed E-state index contributed by atoms with van der Waals surface area (Å²) in [4.78, 5) is 26.2. The van der Waals surface area contributed by atoms with Crippen LogP contribution < -0.4 is 10.2 Å². The molecule has 0 unspecified atom stereocenters. The standard InChI is InChI=1S/C18H19F3N6O/c1-11(28)9-26(2)17-24-15(14-16(25-17)27(3)10-23-14)22-8-12-4-6-13(7-5-12)18(19,20)21/h4-7,10H,8-9H2,1-3H3,(H,22,24,25). The molecule has 0 amide bonds. The molecule has 28 heavy (non-hydrogen) atoms. The number of anilines is 2. The van der Waals surface area contributed by atoms with E-state index in [9.17, 15) is 18.0 Å². The first-order valence-electron chi connectivity index (χ1n) is 8.45. The number of alkyl halides is 3. The van der Waals surface area contributed by atoms with Gasteiger partial charge in [0, 0.05) is 20.6 Å². The van der Waals surface area contributed by atoms with E-state index in [2.05, 4.69) is 20.3 Å². The predicted octanol–water partition coefficient (Wildman–Crippen LogP) is 3.02. The van der Waals surface area contributed by atoms with Gasteiger partial charge in [-0.3, -0.25) is 4.79 Å². The highest BCUT2D eigenvalue weighted by Gasteiger charge is 2.29. The van der Waals surface area contributed by atoms with E-state index in [-0.39, 0.29) is 18.9 Å². The van der Waals surface area contributed by atoms with Crippen molar-refractivity contribution in [3.63, 3.8) is 0 Å². The smallest absolute Gasteiger partial charge is 0.364 e. The molecule has 0 aliphatic rings. The van der Waals surface area contributed by atoms with Gasteiger partial charge in [-0.15, -0.1) is 0 Å². The zero-order valence-corrected chi connectivity index (χ0v) is 15.6. The lowest BCUT2D eigenvalue weighted by atomic mass is 10.1. The highest BCUT2D eigenvalue weighted by Crippen LogP contribution is 2.29. The molecule has 0 radical (unpaired) electrons. The number of aromatic nitrogens is 4. The van der Waals surface area contributed by atoms with Crippen LogP contribution in [0.15, 0.2) is 30.6 Å². The predicted molar refractivity (Wildman–Crippen MR) is 99.0 cm³/mol. The molecular formula is C18H19F3N6O. The number of halogens is 3. The monoisotopic (exact) mass is 392 g/mol. The minimum Gasteiger partial charge on any atom is -0.364 e. The van der Waals surface area contributed by atoms with Gasteiger partial charge >= 0.3 is 6.18 Å². The van der Waals surface area contributed by atoms with Gasteiger partial charge < -0.3 is 14.8 Å². The number of carbonyl (C=O) groups is 1. The van der Waals surface area contributed by atoms with Gasteiger partial charge in [-0.2, -0.15) is 23.1 Å². The number of nitrogens with one attached hydrogen (secondary N) is 1. The van der Waals surface area contributed by atoms with Crippen molar-refractivity contribution >= 4 is 28.7 Å². The number of Topliss-reactive ketones (excluding diaryl/α,β-unsaturated/α-hetero) is 1. The highest BCUT2D eigenvalue weighted by atomic mass is 19.4. The molecule has 7 nitrogen and oxygen atoms in total. The van der Waals surface area contributed by atoms with Gasteiger partial charge in [0.15, 0.2) is 17.0 Å². The summed E-state index contributed by atoms with van der Waals surface area (Å²) in [5.41, 5.74) is 1.08. The number of imidazole rings is 1. The van der Waals surface area contributed by atoms with E-state index in [1.165, 1.54) is 19.1 Å². The lowest BCUT2D eigenvalue weighted by Gasteiger charge is -2.17. The third-order valence-electron chi connectivity index (χ3n) is 4.09. The fraction of sp³-hybridized carbons (Fsp3) is 0.333. The maximum Gasteiger partial charge on any atom is 0.416 e. The number of nitrogens with zero attached hydrogens (tertiary/aromatic N) is 5. The number of ketones is 1. The van der Waals surface area contributed by atoms with Crippen LogP contribution in [0.25, 0.3) is 11.2 Å². The number of fused-ring (bicyclic) bond motifs is 1. The maximum atomic E-state index is 12.7. The first-order chi connectivity index (χ1) is 13.1. The third kappa shape index (κ3) is 4.21. The SMILES string of the molecule is CC(=O)CN(C)c1nc(NCc2ccc(C(F)(F)F)cc2)c2ncn(C)c2n1. The van der Waals surface area contributed by atoms with Crippen LogP contribution in [0.2, 0.25) is 0 Å². The van der Waals surface area contributed by atoms with Crippen molar-refractivity contribution in [3.05, 3.63) is 41.7 Å². The molecule has 0 atom stereocenters. The molecular weight excluding hydrogens is 373 g/mol.